The van der Waals surface area contributed by atoms with E-state index in [9.17, 15) is 4.79 Å². The van der Waals surface area contributed by atoms with Gasteiger partial charge in [-0.3, -0.25) is 9.48 Å². The first-order valence-electron chi connectivity index (χ1n) is 5.64. The van der Waals surface area contributed by atoms with Crippen molar-refractivity contribution in [3.63, 3.8) is 0 Å². The second-order valence-corrected chi connectivity index (χ2v) is 4.14. The zero-order valence-corrected chi connectivity index (χ0v) is 10.9. The molecule has 2 rings (SSSR count). The minimum Gasteiger partial charge on any atom is -0.434 e. The third-order valence-electron chi connectivity index (χ3n) is 2.79. The summed E-state index contributed by atoms with van der Waals surface area (Å²) < 4.78 is 7.48. The van der Waals surface area contributed by atoms with Gasteiger partial charge in [-0.1, -0.05) is 0 Å². The minimum atomic E-state index is -0.0719. The van der Waals surface area contributed by atoms with Gasteiger partial charge in [-0.25, -0.2) is 4.98 Å². The summed E-state index contributed by atoms with van der Waals surface area (Å²) in [6.07, 6.45) is 1.60. The summed E-state index contributed by atoms with van der Waals surface area (Å²) in [5, 5.41) is 4.26. The maximum absolute atomic E-state index is 11.5. The van der Waals surface area contributed by atoms with Crippen molar-refractivity contribution in [1.82, 2.24) is 14.8 Å². The average molecular weight is 245 g/mol. The minimum absolute atomic E-state index is 0.0719. The van der Waals surface area contributed by atoms with Crippen LogP contribution in [0.3, 0.4) is 0 Å². The molecule has 2 heterocycles. The monoisotopic (exact) mass is 245 g/mol. The number of Topliss-reactive ketones (excluding diaryl/α,β-unsaturated/α-hetero) is 1. The number of carbonyl (C=O) groups excluding carboxylic acids is 1. The molecule has 0 aliphatic heterocycles. The molecular formula is C13H15N3O2. The molecule has 0 spiro atoms. The summed E-state index contributed by atoms with van der Waals surface area (Å²) >= 11 is 0. The zero-order valence-electron chi connectivity index (χ0n) is 10.9. The highest BCUT2D eigenvalue weighted by Gasteiger charge is 2.16. The van der Waals surface area contributed by atoms with E-state index in [1.54, 1.807) is 23.0 Å². The standard InChI is InChI=1S/C13H15N3O2/c1-8-12(9(2)16(4)15-8)18-13-11(10(3)17)6-5-7-14-13/h5-7H,1-4H3. The summed E-state index contributed by atoms with van der Waals surface area (Å²) in [5.74, 6) is 0.903. The maximum Gasteiger partial charge on any atom is 0.230 e. The summed E-state index contributed by atoms with van der Waals surface area (Å²) in [6.45, 7) is 5.26. The first kappa shape index (κ1) is 12.3. The second-order valence-electron chi connectivity index (χ2n) is 4.14. The lowest BCUT2D eigenvalue weighted by atomic mass is 10.2. The molecule has 0 saturated carbocycles. The number of hydrogen-bond acceptors (Lipinski definition) is 4. The number of hydrogen-bond donors (Lipinski definition) is 0. The molecular weight excluding hydrogens is 230 g/mol. The van der Waals surface area contributed by atoms with Gasteiger partial charge >= 0.3 is 0 Å². The van der Waals surface area contributed by atoms with Crippen molar-refractivity contribution in [2.75, 3.05) is 0 Å². The van der Waals surface area contributed by atoms with Crippen LogP contribution in [-0.2, 0) is 7.05 Å². The highest BCUT2D eigenvalue weighted by atomic mass is 16.5. The van der Waals surface area contributed by atoms with Crippen molar-refractivity contribution >= 4 is 5.78 Å². The van der Waals surface area contributed by atoms with Crippen molar-refractivity contribution in [3.8, 4) is 11.6 Å². The van der Waals surface area contributed by atoms with Gasteiger partial charge in [0, 0.05) is 13.2 Å². The van der Waals surface area contributed by atoms with Gasteiger partial charge in [0.1, 0.15) is 5.69 Å². The number of rotatable bonds is 3. The molecule has 0 fully saturated rings. The van der Waals surface area contributed by atoms with Crippen molar-refractivity contribution in [1.29, 1.82) is 0 Å². The molecule has 0 unspecified atom stereocenters. The SMILES string of the molecule is CC(=O)c1cccnc1Oc1c(C)nn(C)c1C. The molecule has 0 bridgehead atoms. The lowest BCUT2D eigenvalue weighted by Gasteiger charge is -2.07. The number of carbonyl (C=O) groups is 1. The van der Waals surface area contributed by atoms with E-state index in [1.807, 2.05) is 20.9 Å². The molecule has 0 aromatic carbocycles. The Bertz CT molecular complexity index is 602. The van der Waals surface area contributed by atoms with Crippen LogP contribution in [0.1, 0.15) is 28.7 Å². The van der Waals surface area contributed by atoms with E-state index in [-0.39, 0.29) is 5.78 Å². The molecule has 94 valence electrons. The predicted octanol–water partition coefficient (Wildman–Crippen LogP) is 2.43. The Hall–Kier alpha value is -2.17. The van der Waals surface area contributed by atoms with Crippen LogP contribution in [0, 0.1) is 13.8 Å². The molecule has 0 atom stereocenters. The molecule has 18 heavy (non-hydrogen) atoms. The van der Waals surface area contributed by atoms with Crippen LogP contribution in [0.2, 0.25) is 0 Å². The second kappa shape index (κ2) is 4.60. The van der Waals surface area contributed by atoms with E-state index >= 15 is 0 Å². The van der Waals surface area contributed by atoms with Crippen molar-refractivity contribution in [2.24, 2.45) is 7.05 Å². The molecule has 2 aromatic rings. The fourth-order valence-electron chi connectivity index (χ4n) is 1.74. The van der Waals surface area contributed by atoms with Gasteiger partial charge in [0.15, 0.2) is 11.5 Å². The predicted molar refractivity (Wildman–Crippen MR) is 67.0 cm³/mol. The van der Waals surface area contributed by atoms with Crippen LogP contribution in [0.25, 0.3) is 0 Å². The zero-order chi connectivity index (χ0) is 13.3. The van der Waals surface area contributed by atoms with E-state index in [4.69, 9.17) is 4.74 Å². The Balaban J connectivity index is 2.43. The molecule has 0 aliphatic carbocycles. The summed E-state index contributed by atoms with van der Waals surface area (Å²) in [5.41, 5.74) is 2.14. The number of pyridine rings is 1. The molecule has 0 aliphatic rings. The van der Waals surface area contributed by atoms with Gasteiger partial charge in [-0.05, 0) is 32.9 Å². The molecule has 0 amide bonds. The van der Waals surface area contributed by atoms with Gasteiger partial charge in [-0.15, -0.1) is 0 Å². The molecule has 0 N–H and O–H groups in total. The molecule has 0 saturated heterocycles. The highest BCUT2D eigenvalue weighted by Crippen LogP contribution is 2.28. The Labute approximate surface area is 105 Å². The Morgan fingerprint density at radius 1 is 1.39 bits per heavy atom. The summed E-state index contributed by atoms with van der Waals surface area (Å²) in [6, 6.07) is 3.41. The van der Waals surface area contributed by atoms with E-state index < -0.39 is 0 Å². The van der Waals surface area contributed by atoms with Gasteiger partial charge < -0.3 is 4.74 Å². The van der Waals surface area contributed by atoms with Crippen molar-refractivity contribution in [2.45, 2.75) is 20.8 Å². The number of aryl methyl sites for hydroxylation is 2. The largest absolute Gasteiger partial charge is 0.434 e. The highest BCUT2D eigenvalue weighted by molar-refractivity contribution is 5.96. The van der Waals surface area contributed by atoms with Crippen LogP contribution in [0.15, 0.2) is 18.3 Å². The average Bonchev–Trinajstić information content (AvgIpc) is 2.56. The van der Waals surface area contributed by atoms with Crippen LogP contribution >= 0.6 is 0 Å². The fraction of sp³-hybridized carbons (Fsp3) is 0.308. The van der Waals surface area contributed by atoms with Crippen LogP contribution in [-0.4, -0.2) is 20.5 Å². The van der Waals surface area contributed by atoms with Gasteiger partial charge in [0.2, 0.25) is 5.88 Å². The lowest BCUT2D eigenvalue weighted by molar-refractivity contribution is 0.101. The van der Waals surface area contributed by atoms with E-state index in [1.165, 1.54) is 6.92 Å². The summed E-state index contributed by atoms with van der Waals surface area (Å²) in [7, 11) is 1.85. The Kier molecular flexibility index (Phi) is 3.14. The number of ether oxygens (including phenoxy) is 1. The van der Waals surface area contributed by atoms with Gasteiger partial charge in [0.05, 0.1) is 11.3 Å². The van der Waals surface area contributed by atoms with E-state index in [2.05, 4.69) is 10.1 Å². The molecule has 5 nitrogen and oxygen atoms in total. The normalized spacial score (nSPS) is 10.4. The van der Waals surface area contributed by atoms with Gasteiger partial charge in [0.25, 0.3) is 0 Å². The first-order valence-corrected chi connectivity index (χ1v) is 5.64. The Morgan fingerprint density at radius 2 is 2.11 bits per heavy atom. The molecule has 5 heteroatoms. The fourth-order valence-corrected chi connectivity index (χ4v) is 1.74. The van der Waals surface area contributed by atoms with Crippen molar-refractivity contribution in [3.05, 3.63) is 35.3 Å². The topological polar surface area (TPSA) is 57.0 Å². The third-order valence-corrected chi connectivity index (χ3v) is 2.79. The number of nitrogens with zero attached hydrogens (tertiary/aromatic N) is 3. The maximum atomic E-state index is 11.5. The third kappa shape index (κ3) is 2.11. The van der Waals surface area contributed by atoms with Gasteiger partial charge in [-0.2, -0.15) is 5.10 Å². The first-order chi connectivity index (χ1) is 8.50. The van der Waals surface area contributed by atoms with Crippen LogP contribution in [0.4, 0.5) is 0 Å². The smallest absolute Gasteiger partial charge is 0.230 e. The number of ketones is 1. The van der Waals surface area contributed by atoms with Crippen LogP contribution < -0.4 is 4.74 Å². The quantitative estimate of drug-likeness (QED) is 0.779. The lowest BCUT2D eigenvalue weighted by Crippen LogP contribution is -2.00. The van der Waals surface area contributed by atoms with Crippen molar-refractivity contribution < 1.29 is 9.53 Å². The number of aromatic nitrogens is 3. The summed E-state index contributed by atoms with van der Waals surface area (Å²) in [4.78, 5) is 15.6. The Morgan fingerprint density at radius 3 is 2.67 bits per heavy atom. The molecule has 0 radical (unpaired) electrons. The van der Waals surface area contributed by atoms with E-state index in [0.717, 1.165) is 11.4 Å². The molecule has 2 aromatic heterocycles. The van der Waals surface area contributed by atoms with Crippen LogP contribution in [0.5, 0.6) is 11.6 Å². The van der Waals surface area contributed by atoms with E-state index in [0.29, 0.717) is 17.2 Å².